The van der Waals surface area contributed by atoms with E-state index in [2.05, 4.69) is 42.6 Å². The van der Waals surface area contributed by atoms with Crippen LogP contribution in [0.2, 0.25) is 0 Å². The van der Waals surface area contributed by atoms with Crippen molar-refractivity contribution in [3.63, 3.8) is 0 Å². The monoisotopic (exact) mass is 330 g/mol. The molecule has 4 heteroatoms. The Morgan fingerprint density at radius 1 is 1.38 bits per heavy atom. The van der Waals surface area contributed by atoms with Crippen LogP contribution in [0.4, 0.5) is 4.79 Å². The quantitative estimate of drug-likeness (QED) is 0.783. The van der Waals surface area contributed by atoms with Gasteiger partial charge in [-0.1, -0.05) is 49.8 Å². The summed E-state index contributed by atoms with van der Waals surface area (Å²) < 4.78 is 0. The summed E-state index contributed by atoms with van der Waals surface area (Å²) in [5.41, 5.74) is 3.79. The molecular weight excluding hydrogens is 300 g/mol. The lowest BCUT2D eigenvalue weighted by Crippen LogP contribution is -2.42. The topological polar surface area (TPSA) is 52.6 Å². The van der Waals surface area contributed by atoms with Gasteiger partial charge >= 0.3 is 6.03 Å². The Morgan fingerprint density at radius 3 is 2.79 bits per heavy atom. The van der Waals surface area contributed by atoms with E-state index in [0.29, 0.717) is 13.1 Å². The Hall–Kier alpha value is -1.81. The number of amides is 2. The zero-order chi connectivity index (χ0) is 17.6. The number of aliphatic hydroxyl groups excluding tert-OH is 1. The van der Waals surface area contributed by atoms with Gasteiger partial charge in [-0.3, -0.25) is 0 Å². The molecule has 2 amide bonds. The first-order valence-corrected chi connectivity index (χ1v) is 8.81. The molecule has 4 nitrogen and oxygen atoms in total. The molecule has 1 heterocycles. The molecule has 0 aromatic heterocycles. The molecule has 0 bridgehead atoms. The molecule has 24 heavy (non-hydrogen) atoms. The fraction of sp³-hybridized carbons (Fsp3) is 0.550. The van der Waals surface area contributed by atoms with Gasteiger partial charge in [-0.05, 0) is 42.7 Å². The fourth-order valence-corrected chi connectivity index (χ4v) is 2.91. The van der Waals surface area contributed by atoms with E-state index < -0.39 is 0 Å². The molecule has 0 spiro atoms. The summed E-state index contributed by atoms with van der Waals surface area (Å²) in [6.45, 7) is 8.44. The third kappa shape index (κ3) is 5.38. The molecule has 0 fully saturated rings. The average molecular weight is 330 g/mol. The smallest absolute Gasteiger partial charge is 0.317 e. The zero-order valence-corrected chi connectivity index (χ0v) is 15.1. The second-order valence-electron chi connectivity index (χ2n) is 7.45. The van der Waals surface area contributed by atoms with E-state index in [1.165, 1.54) is 16.7 Å². The van der Waals surface area contributed by atoms with Crippen molar-refractivity contribution in [1.29, 1.82) is 0 Å². The molecule has 0 saturated carbocycles. The van der Waals surface area contributed by atoms with Crippen molar-refractivity contribution in [3.8, 4) is 0 Å². The summed E-state index contributed by atoms with van der Waals surface area (Å²) in [5.74, 6) is 0. The summed E-state index contributed by atoms with van der Waals surface area (Å²) >= 11 is 0. The van der Waals surface area contributed by atoms with E-state index >= 15 is 0 Å². The van der Waals surface area contributed by atoms with E-state index in [1.54, 1.807) is 0 Å². The highest BCUT2D eigenvalue weighted by Gasteiger charge is 2.19. The first-order valence-electron chi connectivity index (χ1n) is 8.81. The van der Waals surface area contributed by atoms with Crippen LogP contribution in [0, 0.1) is 12.3 Å². The summed E-state index contributed by atoms with van der Waals surface area (Å²) in [7, 11) is 0. The van der Waals surface area contributed by atoms with Crippen molar-refractivity contribution in [2.24, 2.45) is 5.41 Å². The van der Waals surface area contributed by atoms with Gasteiger partial charge in [-0.15, -0.1) is 0 Å². The van der Waals surface area contributed by atoms with E-state index in [0.717, 1.165) is 25.8 Å². The summed E-state index contributed by atoms with van der Waals surface area (Å²) in [5, 5.41) is 12.2. The predicted octanol–water partition coefficient (Wildman–Crippen LogP) is 3.59. The van der Waals surface area contributed by atoms with Crippen molar-refractivity contribution in [1.82, 2.24) is 10.2 Å². The van der Waals surface area contributed by atoms with Gasteiger partial charge in [-0.25, -0.2) is 4.79 Å². The highest BCUT2D eigenvalue weighted by molar-refractivity contribution is 5.76. The molecule has 0 aliphatic carbocycles. The molecule has 0 saturated heterocycles. The highest BCUT2D eigenvalue weighted by atomic mass is 16.3. The number of urea groups is 1. The van der Waals surface area contributed by atoms with E-state index in [9.17, 15) is 9.90 Å². The third-order valence-electron chi connectivity index (χ3n) is 4.62. The van der Waals surface area contributed by atoms with Crippen LogP contribution in [0.25, 0.3) is 5.57 Å². The second kappa shape index (κ2) is 8.34. The number of hydrogen-bond donors (Lipinski definition) is 2. The second-order valence-corrected chi connectivity index (χ2v) is 7.45. The highest BCUT2D eigenvalue weighted by Crippen LogP contribution is 2.23. The Bertz CT molecular complexity index is 593. The zero-order valence-electron chi connectivity index (χ0n) is 15.1. The van der Waals surface area contributed by atoms with Crippen molar-refractivity contribution >= 4 is 11.6 Å². The van der Waals surface area contributed by atoms with E-state index in [-0.39, 0.29) is 18.1 Å². The van der Waals surface area contributed by atoms with Crippen molar-refractivity contribution in [2.45, 2.75) is 40.0 Å². The molecule has 132 valence electrons. The summed E-state index contributed by atoms with van der Waals surface area (Å²) in [4.78, 5) is 14.1. The Kier molecular flexibility index (Phi) is 6.44. The lowest BCUT2D eigenvalue weighted by atomic mass is 9.89. The van der Waals surface area contributed by atoms with Crippen LogP contribution >= 0.6 is 0 Å². The van der Waals surface area contributed by atoms with Crippen molar-refractivity contribution in [3.05, 3.63) is 41.5 Å². The largest absolute Gasteiger partial charge is 0.396 e. The lowest BCUT2D eigenvalue weighted by molar-refractivity contribution is 0.147. The van der Waals surface area contributed by atoms with Crippen molar-refractivity contribution in [2.75, 3.05) is 26.2 Å². The maximum atomic E-state index is 12.2. The molecule has 1 aromatic carbocycles. The van der Waals surface area contributed by atoms with E-state index in [4.69, 9.17) is 0 Å². The van der Waals surface area contributed by atoms with Gasteiger partial charge in [-0.2, -0.15) is 0 Å². The number of rotatable bonds is 6. The normalized spacial score (nSPS) is 15.2. The van der Waals surface area contributed by atoms with Gasteiger partial charge in [0.25, 0.3) is 0 Å². The molecule has 0 atom stereocenters. The lowest BCUT2D eigenvalue weighted by Gasteiger charge is -2.27. The van der Waals surface area contributed by atoms with Gasteiger partial charge in [0.15, 0.2) is 0 Å². The number of hydrogen-bond acceptors (Lipinski definition) is 2. The maximum absolute atomic E-state index is 12.2. The van der Waals surface area contributed by atoms with Crippen LogP contribution in [0.3, 0.4) is 0 Å². The minimum absolute atomic E-state index is 0.0105. The minimum atomic E-state index is -0.0681. The molecule has 2 N–H and O–H groups in total. The first-order chi connectivity index (χ1) is 11.4. The Morgan fingerprint density at radius 2 is 2.17 bits per heavy atom. The first kappa shape index (κ1) is 18.5. The number of aliphatic hydroxyl groups is 1. The molecule has 0 unspecified atom stereocenters. The van der Waals surface area contributed by atoms with Crippen LogP contribution in [0.15, 0.2) is 30.3 Å². The molecule has 2 rings (SSSR count). The van der Waals surface area contributed by atoms with Gasteiger partial charge in [0.2, 0.25) is 0 Å². The van der Waals surface area contributed by atoms with E-state index in [1.807, 2.05) is 18.7 Å². The Balaban J connectivity index is 1.78. The molecule has 1 aromatic rings. The SMILES string of the molecule is Cc1cccc(C2=CCN(C(=O)NCCCC(C)(C)CO)CC2)c1. The summed E-state index contributed by atoms with van der Waals surface area (Å²) in [6, 6.07) is 8.53. The van der Waals surface area contributed by atoms with Gasteiger partial charge in [0.1, 0.15) is 0 Å². The van der Waals surface area contributed by atoms with Crippen LogP contribution in [0.1, 0.15) is 44.2 Å². The standard InChI is InChI=1S/C20H30N2O2/c1-16-6-4-7-18(14-16)17-8-12-22(13-9-17)19(24)21-11-5-10-20(2,3)15-23/h4,6-8,14,23H,5,9-13,15H2,1-3H3,(H,21,24). The van der Waals surface area contributed by atoms with Gasteiger partial charge in [0.05, 0.1) is 0 Å². The van der Waals surface area contributed by atoms with Gasteiger partial charge < -0.3 is 15.3 Å². The predicted molar refractivity (Wildman–Crippen MR) is 98.8 cm³/mol. The summed E-state index contributed by atoms with van der Waals surface area (Å²) in [6.07, 6.45) is 4.85. The fourth-order valence-electron chi connectivity index (χ4n) is 2.91. The Labute approximate surface area is 145 Å². The molecule has 0 radical (unpaired) electrons. The number of carbonyl (C=O) groups is 1. The number of carbonyl (C=O) groups excluding carboxylic acids is 1. The van der Waals surface area contributed by atoms with Crippen LogP contribution < -0.4 is 5.32 Å². The molecule has 1 aliphatic rings. The minimum Gasteiger partial charge on any atom is -0.396 e. The average Bonchev–Trinajstić information content (AvgIpc) is 2.59. The van der Waals surface area contributed by atoms with Crippen LogP contribution in [-0.4, -0.2) is 42.3 Å². The number of aryl methyl sites for hydroxylation is 1. The maximum Gasteiger partial charge on any atom is 0.317 e. The number of benzene rings is 1. The van der Waals surface area contributed by atoms with Crippen molar-refractivity contribution < 1.29 is 9.90 Å². The molecule has 1 aliphatic heterocycles. The van der Waals surface area contributed by atoms with Gasteiger partial charge in [0, 0.05) is 26.2 Å². The number of nitrogens with zero attached hydrogens (tertiary/aromatic N) is 1. The third-order valence-corrected chi connectivity index (χ3v) is 4.62. The number of nitrogens with one attached hydrogen (secondary N) is 1. The van der Waals surface area contributed by atoms with Crippen LogP contribution in [0.5, 0.6) is 0 Å². The molecular formula is C20H30N2O2. The van der Waals surface area contributed by atoms with Crippen LogP contribution in [-0.2, 0) is 0 Å².